The third-order valence-electron chi connectivity index (χ3n) is 8.19. The van der Waals surface area contributed by atoms with E-state index in [1.165, 1.54) is 51.7 Å². The molecule has 0 aliphatic carbocycles. The zero-order valence-electron chi connectivity index (χ0n) is 28.8. The Bertz CT molecular complexity index is 1490. The van der Waals surface area contributed by atoms with Crippen LogP contribution < -0.4 is 37.6 Å². The smallest absolute Gasteiger partial charge is 0.468 e. The number of nitrogens with one attached hydrogen (secondary N) is 3. The minimum Gasteiger partial charge on any atom is -0.468 e. The number of carbonyl (C=O) groups excluding carboxylic acids is 5. The molecule has 3 aromatic carbocycles. The average molecular weight is 822 g/mol. The molecule has 0 heterocycles. The standard InChI is InChI=1S/C36H46BrN4O7PS2/c1-47-34(44)24-40-35(45)31(41-32(42)21-20-30(38)36(46)48-2)25-50-51-26-33(43)39-22-12-13-23-49(37,27-14-6-3-7-15-27,28-16-8-4-9-17-28)29-18-10-5-11-19-29/h3-11,14-19,30-31H,12-13,20-26,38H2,1-2H3,(H,39,43)(H,40,45)(H,41,42)/t30-,31-/m0/s1. The van der Waals surface area contributed by atoms with Crippen LogP contribution in [0.1, 0.15) is 25.7 Å². The Kier molecular flexibility index (Phi) is 17.4. The number of ether oxygens (including phenoxy) is 2. The number of halogens is 1. The molecule has 0 spiro atoms. The van der Waals surface area contributed by atoms with E-state index in [1.807, 2.05) is 18.2 Å². The average Bonchev–Trinajstić information content (AvgIpc) is 3.17. The van der Waals surface area contributed by atoms with E-state index in [2.05, 4.69) is 114 Å². The fraction of sp³-hybridized carbons (Fsp3) is 0.361. The Morgan fingerprint density at radius 2 is 1.31 bits per heavy atom. The van der Waals surface area contributed by atoms with Gasteiger partial charge in [0.25, 0.3) is 0 Å². The molecule has 0 saturated heterocycles. The van der Waals surface area contributed by atoms with Gasteiger partial charge in [0.05, 0.1) is 14.2 Å². The number of amides is 3. The van der Waals surface area contributed by atoms with Crippen molar-refractivity contribution in [2.75, 3.05) is 45.0 Å². The van der Waals surface area contributed by atoms with Crippen LogP contribution in [0.5, 0.6) is 0 Å². The number of nitrogens with two attached hydrogens (primary N) is 1. The summed E-state index contributed by atoms with van der Waals surface area (Å²) >= 11 is 4.46. The summed E-state index contributed by atoms with van der Waals surface area (Å²) in [4.78, 5) is 61.1. The van der Waals surface area contributed by atoms with Crippen LogP contribution in [0.2, 0.25) is 0 Å². The van der Waals surface area contributed by atoms with Gasteiger partial charge in [-0.15, -0.1) is 0 Å². The number of hydrogen-bond acceptors (Lipinski definition) is 10. The van der Waals surface area contributed by atoms with Crippen LogP contribution in [0.3, 0.4) is 0 Å². The summed E-state index contributed by atoms with van der Waals surface area (Å²) in [6.45, 7) is 0.139. The topological polar surface area (TPSA) is 166 Å². The van der Waals surface area contributed by atoms with Gasteiger partial charge in [0, 0.05) is 6.42 Å². The third kappa shape index (κ3) is 12.1. The van der Waals surface area contributed by atoms with Crippen molar-refractivity contribution >= 4 is 88.0 Å². The normalized spacial score (nSPS) is 13.1. The van der Waals surface area contributed by atoms with E-state index >= 15 is 0 Å². The fourth-order valence-electron chi connectivity index (χ4n) is 5.43. The number of benzene rings is 3. The van der Waals surface area contributed by atoms with Crippen molar-refractivity contribution < 1.29 is 33.4 Å². The SMILES string of the molecule is COC(=O)CNC(=O)[C@H](CSSCC(=O)NCCCCP(Br)(c1ccccc1)(c1ccccc1)c1ccccc1)NC(=O)CC[C@H](N)C(=O)OC. The Morgan fingerprint density at radius 3 is 1.82 bits per heavy atom. The number of rotatable bonds is 21. The first kappa shape index (κ1) is 42.0. The van der Waals surface area contributed by atoms with Gasteiger partial charge in [0.15, 0.2) is 0 Å². The van der Waals surface area contributed by atoms with Crippen molar-refractivity contribution in [3.63, 3.8) is 0 Å². The quantitative estimate of drug-likeness (QED) is 0.0543. The van der Waals surface area contributed by atoms with Gasteiger partial charge in [0.2, 0.25) is 5.91 Å². The van der Waals surface area contributed by atoms with E-state index in [-0.39, 0.29) is 36.8 Å². The van der Waals surface area contributed by atoms with Crippen molar-refractivity contribution in [2.24, 2.45) is 5.73 Å². The van der Waals surface area contributed by atoms with E-state index in [9.17, 15) is 24.0 Å². The number of unbranched alkanes of at least 4 members (excludes halogenated alkanes) is 1. The zero-order chi connectivity index (χ0) is 37.1. The van der Waals surface area contributed by atoms with E-state index in [0.717, 1.165) is 19.0 Å². The first-order valence-electron chi connectivity index (χ1n) is 16.4. The molecule has 5 N–H and O–H groups in total. The van der Waals surface area contributed by atoms with Gasteiger partial charge in [-0.1, -0.05) is 0 Å². The van der Waals surface area contributed by atoms with Crippen LogP contribution >= 0.6 is 42.4 Å². The minimum atomic E-state index is -3.03. The molecular formula is C36H46BrN4O7PS2. The summed E-state index contributed by atoms with van der Waals surface area (Å²) in [7, 11) is 4.88. The van der Waals surface area contributed by atoms with Gasteiger partial charge < -0.3 is 20.5 Å². The summed E-state index contributed by atoms with van der Waals surface area (Å²) in [6, 6.07) is 29.8. The molecule has 0 saturated carbocycles. The molecule has 0 aliphatic heterocycles. The van der Waals surface area contributed by atoms with Crippen molar-refractivity contribution in [1.29, 1.82) is 0 Å². The predicted molar refractivity (Wildman–Crippen MR) is 212 cm³/mol. The molecule has 0 aliphatic rings. The molecule has 0 bridgehead atoms. The van der Waals surface area contributed by atoms with Crippen molar-refractivity contribution in [3.8, 4) is 0 Å². The maximum atomic E-state index is 12.8. The van der Waals surface area contributed by atoms with Crippen LogP contribution in [0, 0.1) is 0 Å². The van der Waals surface area contributed by atoms with Gasteiger partial charge in [-0.2, -0.15) is 0 Å². The number of methoxy groups -OCH3 is 2. The van der Waals surface area contributed by atoms with Gasteiger partial charge in [0.1, 0.15) is 12.6 Å². The molecule has 51 heavy (non-hydrogen) atoms. The van der Waals surface area contributed by atoms with Crippen LogP contribution in [0.4, 0.5) is 0 Å². The molecule has 0 unspecified atom stereocenters. The van der Waals surface area contributed by atoms with Crippen molar-refractivity contribution in [3.05, 3.63) is 91.0 Å². The minimum absolute atomic E-state index is 0.0286. The number of esters is 2. The molecule has 0 aromatic heterocycles. The molecule has 3 amide bonds. The van der Waals surface area contributed by atoms with Crippen LogP contribution in [-0.4, -0.2) is 86.7 Å². The van der Waals surface area contributed by atoms with Gasteiger partial charge >= 0.3 is 232 Å². The predicted octanol–water partition coefficient (Wildman–Crippen LogP) is 3.16. The van der Waals surface area contributed by atoms with E-state index < -0.39 is 41.1 Å². The molecule has 3 rings (SSSR count). The zero-order valence-corrected chi connectivity index (χ0v) is 32.9. The summed E-state index contributed by atoms with van der Waals surface area (Å²) < 4.78 is 9.14. The molecule has 276 valence electrons. The Labute approximate surface area is 315 Å². The van der Waals surface area contributed by atoms with Gasteiger partial charge in [-0.3, -0.25) is 19.2 Å². The van der Waals surface area contributed by atoms with Crippen LogP contribution in [0.25, 0.3) is 0 Å². The molecule has 0 fully saturated rings. The fourth-order valence-corrected chi connectivity index (χ4v) is 15.2. The second kappa shape index (κ2) is 21.2. The molecule has 0 radical (unpaired) electrons. The van der Waals surface area contributed by atoms with Gasteiger partial charge in [-0.25, -0.2) is 0 Å². The monoisotopic (exact) mass is 820 g/mol. The summed E-state index contributed by atoms with van der Waals surface area (Å²) in [5.41, 5.74) is 5.71. The maximum absolute atomic E-state index is 12.8. The molecule has 15 heteroatoms. The van der Waals surface area contributed by atoms with E-state index in [0.29, 0.717) is 6.54 Å². The summed E-state index contributed by atoms with van der Waals surface area (Å²) in [5, 5.41) is 8.76. The summed E-state index contributed by atoms with van der Waals surface area (Å²) in [6.07, 6.45) is 2.41. The second-order valence-corrected chi connectivity index (χ2v) is 23.2. The number of carbonyl (C=O) groups is 5. The Hall–Kier alpha value is -3.42. The van der Waals surface area contributed by atoms with Crippen molar-refractivity contribution in [1.82, 2.24) is 16.0 Å². The first-order valence-corrected chi connectivity index (χ1v) is 23.3. The Balaban J connectivity index is 1.54. The molecule has 11 nitrogen and oxygen atoms in total. The van der Waals surface area contributed by atoms with Crippen molar-refractivity contribution in [2.45, 2.75) is 37.8 Å². The first-order chi connectivity index (χ1) is 24.5. The third-order valence-corrected chi connectivity index (χ3v) is 20.5. The van der Waals surface area contributed by atoms with Crippen LogP contribution in [-0.2, 0) is 33.4 Å². The van der Waals surface area contributed by atoms with Crippen LogP contribution in [0.15, 0.2) is 91.0 Å². The number of hydrogen-bond donors (Lipinski definition) is 4. The molecule has 3 aromatic rings. The van der Waals surface area contributed by atoms with E-state index in [1.54, 1.807) is 0 Å². The van der Waals surface area contributed by atoms with E-state index in [4.69, 9.17) is 5.73 Å². The van der Waals surface area contributed by atoms with Gasteiger partial charge in [-0.05, 0) is 6.42 Å². The summed E-state index contributed by atoms with van der Waals surface area (Å²) in [5.74, 6) is -2.26. The molecular weight excluding hydrogens is 775 g/mol. The molecule has 2 atom stereocenters. The Morgan fingerprint density at radius 1 is 0.765 bits per heavy atom. The second-order valence-electron chi connectivity index (χ2n) is 11.6.